The van der Waals surface area contributed by atoms with Crippen LogP contribution in [0.1, 0.15) is 0 Å². The summed E-state index contributed by atoms with van der Waals surface area (Å²) in [7, 11) is -2.53. The van der Waals surface area contributed by atoms with Crippen molar-refractivity contribution in [3.05, 3.63) is 141 Å². The minimum atomic E-state index is -2.53. The average Bonchev–Trinajstić information content (AvgIpc) is 3.30. The number of nitrogens with zero attached hydrogens (tertiary/aromatic N) is 1. The quantitative estimate of drug-likeness (QED) is 0.220. The molecule has 0 aliphatic rings. The predicted molar refractivity (Wildman–Crippen MR) is 123 cm³/mol. The Kier molecular flexibility index (Phi) is 12.2. The van der Waals surface area contributed by atoms with E-state index >= 15 is 0 Å². The van der Waals surface area contributed by atoms with Crippen molar-refractivity contribution in [1.29, 1.82) is 0 Å². The van der Waals surface area contributed by atoms with Crippen LogP contribution in [0, 0.1) is 14.9 Å². The third-order valence-electron chi connectivity index (χ3n) is 3.95. The van der Waals surface area contributed by atoms with Crippen molar-refractivity contribution in [2.75, 3.05) is 0 Å². The van der Waals surface area contributed by atoms with E-state index in [1.54, 1.807) is 0 Å². The standard InChI is InChI=1S/C18H15NP.C5H5.2CH3.Ti/c19-20(16-10-4-1-5-11-16,17-12-6-2-7-13-17)18-14-8-3-9-15-18;1-2-4-5-3-1;;;/h1-15H;1-5H;2*1H3;/q4*-1;+4. The largest absolute Gasteiger partial charge is 4.00 e. The van der Waals surface area contributed by atoms with Crippen molar-refractivity contribution in [1.82, 2.24) is 0 Å². The molecule has 0 aliphatic heterocycles. The number of rotatable bonds is 3. The SMILES string of the molecule is [CH3-].[CH3-].[N-]=P(c1ccccc1)(c1ccccc1)c1ccccc1.[Ti+4].c1cc[cH-]c1. The molecule has 4 rings (SSSR count). The molecule has 140 valence electrons. The minimum Gasteiger partial charge on any atom is -0.797 e. The van der Waals surface area contributed by atoms with Gasteiger partial charge in [-0.05, 0) is 15.9 Å². The van der Waals surface area contributed by atoms with E-state index in [0.29, 0.717) is 0 Å². The third-order valence-corrected chi connectivity index (χ3v) is 7.08. The fraction of sp³-hybridized carbons (Fsp3) is 0. The minimum absolute atomic E-state index is 0. The summed E-state index contributed by atoms with van der Waals surface area (Å²) in [6.07, 6.45) is 0. The molecule has 0 unspecified atom stereocenters. The molecule has 0 bridgehead atoms. The first-order valence-electron chi connectivity index (χ1n) is 8.27. The van der Waals surface area contributed by atoms with Crippen LogP contribution in [-0.2, 0) is 21.7 Å². The Hall–Kier alpha value is -2.05. The normalized spacial score (nSPS) is 9.43. The van der Waals surface area contributed by atoms with Crippen molar-refractivity contribution < 1.29 is 21.7 Å². The molecule has 0 amide bonds. The Morgan fingerprint density at radius 2 is 0.786 bits per heavy atom. The molecule has 0 fully saturated rings. The number of benzene rings is 3. The van der Waals surface area contributed by atoms with E-state index in [9.17, 15) is 5.16 Å². The van der Waals surface area contributed by atoms with Crippen LogP contribution in [0.3, 0.4) is 0 Å². The van der Waals surface area contributed by atoms with Crippen molar-refractivity contribution in [2.45, 2.75) is 0 Å². The second-order valence-corrected chi connectivity index (χ2v) is 8.42. The Morgan fingerprint density at radius 3 is 1.00 bits per heavy atom. The van der Waals surface area contributed by atoms with Crippen LogP contribution in [0.15, 0.2) is 121 Å². The molecule has 4 aromatic rings. The molecule has 0 saturated heterocycles. The molecule has 0 spiro atoms. The van der Waals surface area contributed by atoms with Gasteiger partial charge in [-0.25, -0.2) is 12.1 Å². The van der Waals surface area contributed by atoms with Crippen molar-refractivity contribution in [2.24, 2.45) is 0 Å². The maximum atomic E-state index is 11.5. The molecule has 0 heterocycles. The summed E-state index contributed by atoms with van der Waals surface area (Å²) in [5, 5.41) is 14.5. The third kappa shape index (κ3) is 6.25. The zero-order valence-electron chi connectivity index (χ0n) is 16.4. The van der Waals surface area contributed by atoms with Gasteiger partial charge in [0.15, 0.2) is 0 Å². The van der Waals surface area contributed by atoms with Gasteiger partial charge in [0.2, 0.25) is 0 Å². The maximum Gasteiger partial charge on any atom is 4.00 e. The van der Waals surface area contributed by atoms with Crippen LogP contribution in [0.25, 0.3) is 5.16 Å². The first-order chi connectivity index (χ1) is 12.3. The summed E-state index contributed by atoms with van der Waals surface area (Å²) < 4.78 is 0. The average molecular weight is 419 g/mol. The molecule has 3 heteroatoms. The Morgan fingerprint density at radius 1 is 0.500 bits per heavy atom. The smallest absolute Gasteiger partial charge is 0.797 e. The number of hydrogen-bond acceptors (Lipinski definition) is 0. The molecular weight excluding hydrogens is 393 g/mol. The summed E-state index contributed by atoms with van der Waals surface area (Å²) >= 11 is 0. The molecule has 0 aliphatic carbocycles. The topological polar surface area (TPSA) is 22.3 Å². The van der Waals surface area contributed by atoms with E-state index in [4.69, 9.17) is 0 Å². The van der Waals surface area contributed by atoms with Crippen LogP contribution in [0.5, 0.6) is 0 Å². The van der Waals surface area contributed by atoms with E-state index < -0.39 is 7.05 Å². The molecule has 4 aromatic carbocycles. The molecule has 28 heavy (non-hydrogen) atoms. The van der Waals surface area contributed by atoms with Crippen molar-refractivity contribution in [3.8, 4) is 0 Å². The van der Waals surface area contributed by atoms with E-state index in [0.717, 1.165) is 15.9 Å². The first kappa shape index (κ1) is 26.0. The Bertz CT molecular complexity index is 784. The van der Waals surface area contributed by atoms with Crippen LogP contribution in [0.2, 0.25) is 0 Å². The molecule has 1 nitrogen and oxygen atoms in total. The van der Waals surface area contributed by atoms with Crippen LogP contribution < -0.4 is 15.9 Å². The number of hydrogen-bond donors (Lipinski definition) is 0. The van der Waals surface area contributed by atoms with Gasteiger partial charge in [-0.2, -0.15) is 18.2 Å². The molecule has 0 N–H and O–H groups in total. The molecule has 0 radical (unpaired) electrons. The summed E-state index contributed by atoms with van der Waals surface area (Å²) in [6.45, 7) is 0. The second-order valence-electron chi connectivity index (χ2n) is 5.60. The van der Waals surface area contributed by atoms with Crippen LogP contribution in [0.4, 0.5) is 0 Å². The van der Waals surface area contributed by atoms with E-state index in [1.807, 2.05) is 121 Å². The monoisotopic (exact) mass is 419 g/mol. The fourth-order valence-electron chi connectivity index (χ4n) is 2.70. The van der Waals surface area contributed by atoms with Gasteiger partial charge >= 0.3 is 21.7 Å². The Labute approximate surface area is 185 Å². The van der Waals surface area contributed by atoms with Gasteiger partial charge in [-0.1, -0.05) is 91.0 Å². The van der Waals surface area contributed by atoms with Gasteiger partial charge in [-0.3, -0.25) is 0 Å². The summed E-state index contributed by atoms with van der Waals surface area (Å²) in [4.78, 5) is 0. The van der Waals surface area contributed by atoms with E-state index in [-0.39, 0.29) is 36.6 Å². The van der Waals surface area contributed by atoms with Gasteiger partial charge in [0.25, 0.3) is 0 Å². The van der Waals surface area contributed by atoms with Gasteiger partial charge in [0.05, 0.1) is 0 Å². The zero-order valence-corrected chi connectivity index (χ0v) is 18.9. The first-order valence-corrected chi connectivity index (χ1v) is 10.0. The molecule has 0 aromatic heterocycles. The maximum absolute atomic E-state index is 11.5. The van der Waals surface area contributed by atoms with Gasteiger partial charge < -0.3 is 20.0 Å². The molecule has 0 saturated carbocycles. The second kappa shape index (κ2) is 13.2. The van der Waals surface area contributed by atoms with Gasteiger partial charge in [0.1, 0.15) is 0 Å². The van der Waals surface area contributed by atoms with Gasteiger partial charge in [0, 0.05) is 0 Å². The van der Waals surface area contributed by atoms with Crippen LogP contribution in [-0.4, -0.2) is 0 Å². The predicted octanol–water partition coefficient (Wildman–Crippen LogP) is 6.04. The summed E-state index contributed by atoms with van der Waals surface area (Å²) in [6, 6.07) is 39.8. The fourth-order valence-corrected chi connectivity index (χ4v) is 5.40. The van der Waals surface area contributed by atoms with Crippen molar-refractivity contribution in [3.63, 3.8) is 0 Å². The Balaban J connectivity index is 0.000000801. The van der Waals surface area contributed by atoms with Crippen molar-refractivity contribution >= 4 is 23.0 Å². The molecule has 0 atom stereocenters. The van der Waals surface area contributed by atoms with E-state index in [1.165, 1.54) is 0 Å². The zero-order chi connectivity index (χ0) is 17.4. The van der Waals surface area contributed by atoms with Gasteiger partial charge in [-0.15, -0.1) is 7.05 Å². The summed E-state index contributed by atoms with van der Waals surface area (Å²) in [5.41, 5.74) is 0. The summed E-state index contributed by atoms with van der Waals surface area (Å²) in [5.74, 6) is 0. The van der Waals surface area contributed by atoms with E-state index in [2.05, 4.69) is 0 Å². The van der Waals surface area contributed by atoms with Crippen LogP contribution >= 0.6 is 7.05 Å². The molecular formula is C25H26NPTi.